The lowest BCUT2D eigenvalue weighted by molar-refractivity contribution is 0.0907. The minimum atomic E-state index is -0.191. The average Bonchev–Trinajstić information content (AvgIpc) is 2.86. The van der Waals surface area contributed by atoms with Crippen LogP contribution in [-0.2, 0) is 0 Å². The number of likely N-dealkylation sites (tertiary alicyclic amines) is 1. The van der Waals surface area contributed by atoms with Crippen LogP contribution in [0.15, 0.2) is 54.7 Å². The third-order valence-electron chi connectivity index (χ3n) is 5.95. The fourth-order valence-electron chi connectivity index (χ4n) is 4.19. The first-order valence-electron chi connectivity index (χ1n) is 11.2. The molecular weight excluding hydrogens is 428 g/mol. The Morgan fingerprint density at radius 3 is 2.91 bits per heavy atom. The van der Waals surface area contributed by atoms with Crippen molar-refractivity contribution in [3.05, 3.63) is 60.4 Å². The molecule has 1 aliphatic heterocycles. The van der Waals surface area contributed by atoms with E-state index in [-0.39, 0.29) is 11.9 Å². The van der Waals surface area contributed by atoms with Crippen molar-refractivity contribution in [1.82, 2.24) is 20.2 Å². The summed E-state index contributed by atoms with van der Waals surface area (Å²) < 4.78 is 5.53. The topological polar surface area (TPSA) is 103 Å². The Hall–Kier alpha value is -3.96. The number of anilines is 1. The fraction of sp³-hybridized carbons (Fsp3) is 0.308. The number of rotatable bonds is 7. The van der Waals surface area contributed by atoms with Gasteiger partial charge in [0.1, 0.15) is 11.4 Å². The van der Waals surface area contributed by atoms with Gasteiger partial charge < -0.3 is 20.3 Å². The molecule has 0 spiro atoms. The standard InChI is InChI=1S/C26H28N6O2/c1-17(14-27)15-29-24-21-13-19(7-6-18(21)8-9-23(24)34-3)25-28-11-10-22(31-25)26(33)30-20-5-4-12-32(2)16-20/h6-11,13,20,29H,1,4-5,12,15-16H2,2-3H3,(H,30,33). The molecule has 3 aromatic rings. The molecule has 0 radical (unpaired) electrons. The number of fused-ring (bicyclic) bond motifs is 1. The molecule has 1 aromatic heterocycles. The Kier molecular flexibility index (Phi) is 7.04. The highest BCUT2D eigenvalue weighted by Crippen LogP contribution is 2.35. The molecule has 1 unspecified atom stereocenters. The lowest BCUT2D eigenvalue weighted by Gasteiger charge is -2.30. The van der Waals surface area contributed by atoms with Gasteiger partial charge in [0.25, 0.3) is 5.91 Å². The summed E-state index contributed by atoms with van der Waals surface area (Å²) in [6, 6.07) is 13.5. The van der Waals surface area contributed by atoms with Crippen molar-refractivity contribution in [2.45, 2.75) is 18.9 Å². The van der Waals surface area contributed by atoms with Crippen LogP contribution in [0.1, 0.15) is 23.3 Å². The zero-order valence-electron chi connectivity index (χ0n) is 19.5. The summed E-state index contributed by atoms with van der Waals surface area (Å²) in [7, 11) is 3.67. The predicted molar refractivity (Wildman–Crippen MR) is 133 cm³/mol. The summed E-state index contributed by atoms with van der Waals surface area (Å²) in [5.41, 5.74) is 2.29. The highest BCUT2D eigenvalue weighted by Gasteiger charge is 2.20. The van der Waals surface area contributed by atoms with E-state index in [1.165, 1.54) is 0 Å². The number of amides is 1. The van der Waals surface area contributed by atoms with Crippen molar-refractivity contribution < 1.29 is 9.53 Å². The number of piperidine rings is 1. The molecule has 0 aliphatic carbocycles. The number of carbonyl (C=O) groups excluding carboxylic acids is 1. The number of hydrogen-bond acceptors (Lipinski definition) is 7. The van der Waals surface area contributed by atoms with E-state index < -0.39 is 0 Å². The number of carbonyl (C=O) groups is 1. The Balaban J connectivity index is 1.64. The van der Waals surface area contributed by atoms with Gasteiger partial charge in [-0.05, 0) is 50.0 Å². The molecular formula is C26H28N6O2. The molecule has 1 aliphatic rings. The molecule has 34 heavy (non-hydrogen) atoms. The average molecular weight is 457 g/mol. The van der Waals surface area contributed by atoms with Gasteiger partial charge in [0.15, 0.2) is 5.82 Å². The molecule has 1 amide bonds. The van der Waals surface area contributed by atoms with E-state index in [4.69, 9.17) is 10.00 Å². The number of ether oxygens (including phenoxy) is 1. The van der Waals surface area contributed by atoms with E-state index in [1.807, 2.05) is 36.4 Å². The van der Waals surface area contributed by atoms with Gasteiger partial charge in [-0.2, -0.15) is 5.26 Å². The van der Waals surface area contributed by atoms with Gasteiger partial charge in [0.05, 0.1) is 18.9 Å². The normalized spacial score (nSPS) is 16.0. The van der Waals surface area contributed by atoms with E-state index in [0.29, 0.717) is 29.4 Å². The molecule has 174 valence electrons. The van der Waals surface area contributed by atoms with Crippen LogP contribution in [0.2, 0.25) is 0 Å². The highest BCUT2D eigenvalue weighted by molar-refractivity contribution is 5.99. The zero-order valence-corrected chi connectivity index (χ0v) is 19.5. The highest BCUT2D eigenvalue weighted by atomic mass is 16.5. The summed E-state index contributed by atoms with van der Waals surface area (Å²) in [6.07, 6.45) is 3.64. The number of hydrogen-bond donors (Lipinski definition) is 2. The molecule has 0 bridgehead atoms. The maximum Gasteiger partial charge on any atom is 0.270 e. The van der Waals surface area contributed by atoms with Crippen LogP contribution in [0.25, 0.3) is 22.2 Å². The number of nitrogens with zero attached hydrogens (tertiary/aromatic N) is 4. The van der Waals surface area contributed by atoms with Gasteiger partial charge in [-0.1, -0.05) is 24.8 Å². The van der Waals surface area contributed by atoms with Gasteiger partial charge in [-0.25, -0.2) is 9.97 Å². The molecule has 2 heterocycles. The summed E-state index contributed by atoms with van der Waals surface area (Å²) in [4.78, 5) is 24.0. The van der Waals surface area contributed by atoms with Crippen LogP contribution in [0.3, 0.4) is 0 Å². The van der Waals surface area contributed by atoms with E-state index >= 15 is 0 Å². The largest absolute Gasteiger partial charge is 0.495 e. The van der Waals surface area contributed by atoms with Gasteiger partial charge >= 0.3 is 0 Å². The number of nitriles is 1. The van der Waals surface area contributed by atoms with E-state index in [1.54, 1.807) is 19.4 Å². The molecule has 2 N–H and O–H groups in total. The van der Waals surface area contributed by atoms with Crippen molar-refractivity contribution in [2.75, 3.05) is 39.1 Å². The Morgan fingerprint density at radius 2 is 2.15 bits per heavy atom. The summed E-state index contributed by atoms with van der Waals surface area (Å²) in [5.74, 6) is 0.927. The second-order valence-corrected chi connectivity index (χ2v) is 8.49. The van der Waals surface area contributed by atoms with Crippen molar-refractivity contribution in [1.29, 1.82) is 5.26 Å². The maximum atomic E-state index is 12.8. The van der Waals surface area contributed by atoms with Crippen LogP contribution in [0, 0.1) is 11.3 Å². The molecule has 1 atom stereocenters. The van der Waals surface area contributed by atoms with E-state index in [9.17, 15) is 4.79 Å². The van der Waals surface area contributed by atoms with Gasteiger partial charge in [-0.3, -0.25) is 4.79 Å². The summed E-state index contributed by atoms with van der Waals surface area (Å²) in [5, 5.41) is 17.3. The van der Waals surface area contributed by atoms with Crippen LogP contribution < -0.4 is 15.4 Å². The predicted octanol–water partition coefficient (Wildman–Crippen LogP) is 3.62. The molecule has 8 nitrogen and oxygen atoms in total. The van der Waals surface area contributed by atoms with Crippen molar-refractivity contribution in [3.63, 3.8) is 0 Å². The van der Waals surface area contributed by atoms with Crippen LogP contribution in [0.5, 0.6) is 5.75 Å². The number of nitrogens with one attached hydrogen (secondary N) is 2. The third kappa shape index (κ3) is 5.16. The van der Waals surface area contributed by atoms with Crippen molar-refractivity contribution in [2.24, 2.45) is 0 Å². The van der Waals surface area contributed by atoms with Crippen molar-refractivity contribution in [3.8, 4) is 23.2 Å². The summed E-state index contributed by atoms with van der Waals surface area (Å²) in [6.45, 7) is 5.93. The Bertz CT molecular complexity index is 1270. The van der Waals surface area contributed by atoms with Gasteiger partial charge in [0, 0.05) is 41.9 Å². The minimum absolute atomic E-state index is 0.120. The molecule has 0 saturated carbocycles. The van der Waals surface area contributed by atoms with Crippen LogP contribution in [0.4, 0.5) is 5.69 Å². The van der Waals surface area contributed by atoms with Crippen LogP contribution in [-0.4, -0.2) is 60.6 Å². The molecule has 2 aromatic carbocycles. The van der Waals surface area contributed by atoms with Gasteiger partial charge in [0.2, 0.25) is 0 Å². The van der Waals surface area contributed by atoms with Crippen LogP contribution >= 0.6 is 0 Å². The first-order valence-corrected chi connectivity index (χ1v) is 11.2. The Morgan fingerprint density at radius 1 is 1.32 bits per heavy atom. The van der Waals surface area contributed by atoms with E-state index in [2.05, 4.69) is 39.1 Å². The number of aromatic nitrogens is 2. The quantitative estimate of drug-likeness (QED) is 0.524. The number of likely N-dealkylation sites (N-methyl/N-ethyl adjacent to an activating group) is 1. The number of benzene rings is 2. The maximum absolute atomic E-state index is 12.8. The lowest BCUT2D eigenvalue weighted by atomic mass is 10.0. The zero-order chi connectivity index (χ0) is 24.1. The SMILES string of the molecule is C=C(C#N)CNc1c(OC)ccc2ccc(-c3nccc(C(=O)NC4CCCN(C)C4)n3)cc12. The second kappa shape index (κ2) is 10.3. The molecule has 4 rings (SSSR count). The van der Waals surface area contributed by atoms with E-state index in [0.717, 1.165) is 48.0 Å². The van der Waals surface area contributed by atoms with Crippen molar-refractivity contribution >= 4 is 22.4 Å². The summed E-state index contributed by atoms with van der Waals surface area (Å²) >= 11 is 0. The monoisotopic (exact) mass is 456 g/mol. The third-order valence-corrected chi connectivity index (χ3v) is 5.95. The first kappa shape index (κ1) is 23.2. The molecule has 8 heteroatoms. The Labute approximate surface area is 199 Å². The molecule has 1 fully saturated rings. The first-order chi connectivity index (χ1) is 16.5. The molecule has 1 saturated heterocycles. The fourth-order valence-corrected chi connectivity index (χ4v) is 4.19. The second-order valence-electron chi connectivity index (χ2n) is 8.49. The number of methoxy groups -OCH3 is 1. The van der Waals surface area contributed by atoms with Gasteiger partial charge in [-0.15, -0.1) is 0 Å². The smallest absolute Gasteiger partial charge is 0.270 e. The minimum Gasteiger partial charge on any atom is -0.495 e. The lowest BCUT2D eigenvalue weighted by Crippen LogP contribution is -2.46.